The molecule has 0 aromatic heterocycles. The molecule has 7 heteroatoms. The normalized spacial score (nSPS) is 14.0. The highest BCUT2D eigenvalue weighted by Gasteiger charge is 2.26. The zero-order valence-corrected chi connectivity index (χ0v) is 12.4. The van der Waals surface area contributed by atoms with Gasteiger partial charge in [-0.3, -0.25) is 4.79 Å². The fourth-order valence-electron chi connectivity index (χ4n) is 1.53. The molecule has 0 spiro atoms. The van der Waals surface area contributed by atoms with Gasteiger partial charge in [-0.15, -0.1) is 0 Å². The Morgan fingerprint density at radius 2 is 2.16 bits per heavy atom. The van der Waals surface area contributed by atoms with E-state index in [1.807, 2.05) is 0 Å². The van der Waals surface area contributed by atoms with Gasteiger partial charge >= 0.3 is 5.97 Å². The smallest absolute Gasteiger partial charge is 0.308 e. The Bertz CT molecular complexity index is 446. The van der Waals surface area contributed by atoms with E-state index in [2.05, 4.69) is 20.7 Å². The quantitative estimate of drug-likeness (QED) is 0.797. The van der Waals surface area contributed by atoms with Crippen molar-refractivity contribution in [3.63, 3.8) is 0 Å². The standard InChI is InChI=1S/C12H13BrClFO4/c1-2-19-10(17)5-9(16)12(18)11-7(13)3-6(14)4-8(11)15/h3-4,9,12,16,18H,2,5H2,1H3. The molecule has 1 rings (SSSR count). The molecule has 2 atom stereocenters. The van der Waals surface area contributed by atoms with E-state index in [0.717, 1.165) is 6.07 Å². The van der Waals surface area contributed by atoms with E-state index in [1.165, 1.54) is 6.07 Å². The number of hydrogen-bond donors (Lipinski definition) is 2. The summed E-state index contributed by atoms with van der Waals surface area (Å²) < 4.78 is 18.6. The lowest BCUT2D eigenvalue weighted by atomic mass is 10.0. The van der Waals surface area contributed by atoms with E-state index in [4.69, 9.17) is 11.6 Å². The Hall–Kier alpha value is -0.690. The molecule has 0 aliphatic carbocycles. The van der Waals surface area contributed by atoms with Gasteiger partial charge < -0.3 is 14.9 Å². The van der Waals surface area contributed by atoms with Crippen molar-refractivity contribution < 1.29 is 24.1 Å². The minimum atomic E-state index is -1.56. The van der Waals surface area contributed by atoms with Crippen LogP contribution < -0.4 is 0 Å². The van der Waals surface area contributed by atoms with Gasteiger partial charge in [0.15, 0.2) is 0 Å². The topological polar surface area (TPSA) is 66.8 Å². The van der Waals surface area contributed by atoms with Crippen LogP contribution in [0.3, 0.4) is 0 Å². The van der Waals surface area contributed by atoms with Gasteiger partial charge in [-0.2, -0.15) is 0 Å². The van der Waals surface area contributed by atoms with Gasteiger partial charge in [0.1, 0.15) is 11.9 Å². The molecule has 0 fully saturated rings. The van der Waals surface area contributed by atoms with E-state index in [1.54, 1.807) is 6.92 Å². The Labute approximate surface area is 123 Å². The summed E-state index contributed by atoms with van der Waals surface area (Å²) in [7, 11) is 0. The van der Waals surface area contributed by atoms with Crippen LogP contribution >= 0.6 is 27.5 Å². The van der Waals surface area contributed by atoms with Crippen LogP contribution in [0.2, 0.25) is 5.02 Å². The summed E-state index contributed by atoms with van der Waals surface area (Å²) >= 11 is 8.70. The molecule has 106 valence electrons. The van der Waals surface area contributed by atoms with Crippen LogP contribution in [0.1, 0.15) is 25.0 Å². The molecule has 0 bridgehead atoms. The maximum Gasteiger partial charge on any atom is 0.308 e. The molecule has 0 aliphatic heterocycles. The van der Waals surface area contributed by atoms with Crippen molar-refractivity contribution >= 4 is 33.5 Å². The Morgan fingerprint density at radius 3 is 2.68 bits per heavy atom. The minimum Gasteiger partial charge on any atom is -0.466 e. The molecule has 0 radical (unpaired) electrons. The number of halogens is 3. The molecule has 0 aliphatic rings. The fourth-order valence-corrected chi connectivity index (χ4v) is 2.54. The molecule has 0 saturated carbocycles. The van der Waals surface area contributed by atoms with Gasteiger partial charge in [0.25, 0.3) is 0 Å². The fraction of sp³-hybridized carbons (Fsp3) is 0.417. The predicted molar refractivity (Wildman–Crippen MR) is 71.3 cm³/mol. The number of carbonyl (C=O) groups excluding carboxylic acids is 1. The molecule has 1 aromatic carbocycles. The van der Waals surface area contributed by atoms with Gasteiger partial charge in [-0.05, 0) is 19.1 Å². The molecule has 2 unspecified atom stereocenters. The maximum atomic E-state index is 13.7. The Kier molecular flexibility index (Phi) is 6.19. The number of rotatable bonds is 5. The first-order chi connectivity index (χ1) is 8.86. The van der Waals surface area contributed by atoms with Crippen molar-refractivity contribution in [2.24, 2.45) is 0 Å². The predicted octanol–water partition coefficient (Wildman–Crippen LogP) is 2.59. The third-order valence-corrected chi connectivity index (χ3v) is 3.26. The maximum absolute atomic E-state index is 13.7. The summed E-state index contributed by atoms with van der Waals surface area (Å²) in [6.07, 6.45) is -3.45. The lowest BCUT2D eigenvalue weighted by Gasteiger charge is -2.19. The molecule has 2 N–H and O–H groups in total. The number of aliphatic hydroxyl groups is 2. The summed E-state index contributed by atoms with van der Waals surface area (Å²) in [6.45, 7) is 1.79. The molecule has 19 heavy (non-hydrogen) atoms. The highest BCUT2D eigenvalue weighted by molar-refractivity contribution is 9.10. The zero-order valence-electron chi connectivity index (χ0n) is 10.1. The second-order valence-corrected chi connectivity index (χ2v) is 5.10. The second kappa shape index (κ2) is 7.19. The lowest BCUT2D eigenvalue weighted by molar-refractivity contribution is -0.147. The average molecular weight is 356 g/mol. The van der Waals surface area contributed by atoms with E-state index in [9.17, 15) is 19.4 Å². The van der Waals surface area contributed by atoms with E-state index < -0.39 is 30.4 Å². The van der Waals surface area contributed by atoms with E-state index >= 15 is 0 Å². The van der Waals surface area contributed by atoms with Crippen molar-refractivity contribution in [2.75, 3.05) is 6.61 Å². The highest BCUT2D eigenvalue weighted by Crippen LogP contribution is 2.32. The van der Waals surface area contributed by atoms with Crippen LogP contribution in [-0.2, 0) is 9.53 Å². The van der Waals surface area contributed by atoms with Crippen LogP contribution in [0.15, 0.2) is 16.6 Å². The summed E-state index contributed by atoms with van der Waals surface area (Å²) in [6, 6.07) is 2.40. The van der Waals surface area contributed by atoms with Gasteiger partial charge in [0.05, 0.1) is 19.1 Å². The molecule has 0 heterocycles. The largest absolute Gasteiger partial charge is 0.466 e. The van der Waals surface area contributed by atoms with Gasteiger partial charge in [-0.1, -0.05) is 27.5 Å². The van der Waals surface area contributed by atoms with Crippen molar-refractivity contribution in [1.29, 1.82) is 0 Å². The summed E-state index contributed by atoms with van der Waals surface area (Å²) in [5.41, 5.74) is -0.152. The molecular formula is C12H13BrClFO4. The number of esters is 1. The minimum absolute atomic E-state index is 0.152. The summed E-state index contributed by atoms with van der Waals surface area (Å²) in [5.74, 6) is -1.44. The number of benzene rings is 1. The first-order valence-corrected chi connectivity index (χ1v) is 6.70. The lowest BCUT2D eigenvalue weighted by Crippen LogP contribution is -2.24. The van der Waals surface area contributed by atoms with Crippen molar-refractivity contribution in [2.45, 2.75) is 25.6 Å². The summed E-state index contributed by atoms with van der Waals surface area (Å²) in [4.78, 5) is 11.2. The van der Waals surface area contributed by atoms with Gasteiger partial charge in [0, 0.05) is 15.1 Å². The van der Waals surface area contributed by atoms with Crippen LogP contribution in [0.4, 0.5) is 4.39 Å². The van der Waals surface area contributed by atoms with Crippen molar-refractivity contribution in [1.82, 2.24) is 0 Å². The van der Waals surface area contributed by atoms with Gasteiger partial charge in [0.2, 0.25) is 0 Å². The third-order valence-electron chi connectivity index (χ3n) is 2.39. The molecule has 1 aromatic rings. The van der Waals surface area contributed by atoms with Crippen LogP contribution in [0, 0.1) is 5.82 Å². The molecule has 4 nitrogen and oxygen atoms in total. The monoisotopic (exact) mass is 354 g/mol. The molecular weight excluding hydrogens is 342 g/mol. The SMILES string of the molecule is CCOC(=O)CC(O)C(O)c1c(F)cc(Cl)cc1Br. The summed E-state index contributed by atoms with van der Waals surface area (Å²) in [5, 5.41) is 19.8. The van der Waals surface area contributed by atoms with Crippen LogP contribution in [0.25, 0.3) is 0 Å². The first-order valence-electron chi connectivity index (χ1n) is 5.53. The average Bonchev–Trinajstić information content (AvgIpc) is 2.27. The Balaban J connectivity index is 2.88. The van der Waals surface area contributed by atoms with Crippen molar-refractivity contribution in [3.8, 4) is 0 Å². The van der Waals surface area contributed by atoms with Gasteiger partial charge in [-0.25, -0.2) is 4.39 Å². The number of hydrogen-bond acceptors (Lipinski definition) is 4. The molecule has 0 saturated heterocycles. The molecule has 0 amide bonds. The first kappa shape index (κ1) is 16.4. The van der Waals surface area contributed by atoms with E-state index in [-0.39, 0.29) is 21.7 Å². The van der Waals surface area contributed by atoms with Crippen molar-refractivity contribution in [3.05, 3.63) is 33.0 Å². The number of aliphatic hydroxyl groups excluding tert-OH is 2. The number of carbonyl (C=O) groups is 1. The highest BCUT2D eigenvalue weighted by atomic mass is 79.9. The van der Waals surface area contributed by atoms with Crippen LogP contribution in [-0.4, -0.2) is 28.9 Å². The van der Waals surface area contributed by atoms with Crippen LogP contribution in [0.5, 0.6) is 0 Å². The third kappa shape index (κ3) is 4.42. The number of ether oxygens (including phenoxy) is 1. The second-order valence-electron chi connectivity index (χ2n) is 3.80. The van der Waals surface area contributed by atoms with E-state index in [0.29, 0.717) is 0 Å². The Morgan fingerprint density at radius 1 is 1.53 bits per heavy atom. The zero-order chi connectivity index (χ0) is 14.6.